The molecule has 3 rings (SSSR count). The van der Waals surface area contributed by atoms with Gasteiger partial charge in [0.05, 0.1) is 17.8 Å². The minimum absolute atomic E-state index is 0.0945. The maximum Gasteiger partial charge on any atom is 0.0964 e. The van der Waals surface area contributed by atoms with E-state index in [0.29, 0.717) is 6.54 Å². The standard InChI is InChI=1S/C16H23NO2/c1-11-5-3-4-6-13(11)15(2,18)16(10-17)9-12-7-8-14(16)19-12/h3-6,12,14,18H,7-10,17H2,1-2H3. The smallest absolute Gasteiger partial charge is 0.0964 e. The van der Waals surface area contributed by atoms with Gasteiger partial charge in [-0.25, -0.2) is 0 Å². The summed E-state index contributed by atoms with van der Waals surface area (Å²) in [4.78, 5) is 0. The molecule has 104 valence electrons. The fraction of sp³-hybridized carbons (Fsp3) is 0.625. The van der Waals surface area contributed by atoms with E-state index in [1.165, 1.54) is 0 Å². The first-order valence-corrected chi connectivity index (χ1v) is 7.15. The normalized spacial score (nSPS) is 36.4. The Morgan fingerprint density at radius 3 is 2.68 bits per heavy atom. The summed E-state index contributed by atoms with van der Waals surface area (Å²) in [6.45, 7) is 4.42. The Labute approximate surface area is 114 Å². The maximum atomic E-state index is 11.3. The number of benzene rings is 1. The van der Waals surface area contributed by atoms with E-state index in [0.717, 1.165) is 30.4 Å². The van der Waals surface area contributed by atoms with E-state index >= 15 is 0 Å². The van der Waals surface area contributed by atoms with Crippen molar-refractivity contribution in [2.24, 2.45) is 11.1 Å². The SMILES string of the molecule is Cc1ccccc1C(C)(O)C1(CN)CC2CCC1O2. The zero-order valence-corrected chi connectivity index (χ0v) is 11.7. The Morgan fingerprint density at radius 2 is 2.16 bits per heavy atom. The van der Waals surface area contributed by atoms with Gasteiger partial charge in [-0.1, -0.05) is 24.3 Å². The van der Waals surface area contributed by atoms with Crippen molar-refractivity contribution in [1.82, 2.24) is 0 Å². The van der Waals surface area contributed by atoms with E-state index in [2.05, 4.69) is 0 Å². The van der Waals surface area contributed by atoms with Gasteiger partial charge in [-0.15, -0.1) is 0 Å². The Balaban J connectivity index is 2.06. The number of hydrogen-bond donors (Lipinski definition) is 2. The van der Waals surface area contributed by atoms with Gasteiger partial charge in [0.1, 0.15) is 0 Å². The molecule has 2 bridgehead atoms. The third-order valence-corrected chi connectivity index (χ3v) is 5.32. The molecule has 0 aromatic heterocycles. The van der Waals surface area contributed by atoms with Crippen LogP contribution in [-0.4, -0.2) is 23.9 Å². The van der Waals surface area contributed by atoms with Crippen LogP contribution >= 0.6 is 0 Å². The summed E-state index contributed by atoms with van der Waals surface area (Å²) < 4.78 is 5.99. The van der Waals surface area contributed by atoms with Gasteiger partial charge in [0.25, 0.3) is 0 Å². The van der Waals surface area contributed by atoms with Crippen LogP contribution in [0.15, 0.2) is 24.3 Å². The fourth-order valence-corrected chi connectivity index (χ4v) is 4.11. The van der Waals surface area contributed by atoms with Crippen molar-refractivity contribution in [3.8, 4) is 0 Å². The lowest BCUT2D eigenvalue weighted by molar-refractivity contribution is -0.105. The lowest BCUT2D eigenvalue weighted by Crippen LogP contribution is -2.54. The summed E-state index contributed by atoms with van der Waals surface area (Å²) in [7, 11) is 0. The minimum atomic E-state index is -0.938. The highest BCUT2D eigenvalue weighted by molar-refractivity contribution is 5.34. The molecule has 0 saturated carbocycles. The predicted octanol–water partition coefficient (Wildman–Crippen LogP) is 2.10. The molecule has 2 heterocycles. The van der Waals surface area contributed by atoms with Crippen LogP contribution < -0.4 is 5.73 Å². The van der Waals surface area contributed by atoms with Gasteiger partial charge in [0.2, 0.25) is 0 Å². The third kappa shape index (κ3) is 1.69. The number of aryl methyl sites for hydroxylation is 1. The molecule has 2 fully saturated rings. The number of rotatable bonds is 3. The van der Waals surface area contributed by atoms with Gasteiger partial charge in [-0.3, -0.25) is 0 Å². The Morgan fingerprint density at radius 1 is 1.42 bits per heavy atom. The molecule has 0 amide bonds. The molecule has 2 aliphatic heterocycles. The molecule has 3 heteroatoms. The third-order valence-electron chi connectivity index (χ3n) is 5.32. The van der Waals surface area contributed by atoms with E-state index in [1.54, 1.807) is 0 Å². The lowest BCUT2D eigenvalue weighted by Gasteiger charge is -2.46. The first kappa shape index (κ1) is 13.1. The average molecular weight is 261 g/mol. The number of ether oxygens (including phenoxy) is 1. The van der Waals surface area contributed by atoms with Gasteiger partial charge in [0, 0.05) is 12.0 Å². The van der Waals surface area contributed by atoms with Crippen LogP contribution in [0.5, 0.6) is 0 Å². The van der Waals surface area contributed by atoms with Crippen molar-refractivity contribution in [1.29, 1.82) is 0 Å². The Hall–Kier alpha value is -0.900. The van der Waals surface area contributed by atoms with Crippen molar-refractivity contribution >= 4 is 0 Å². The molecule has 0 radical (unpaired) electrons. The van der Waals surface area contributed by atoms with E-state index in [1.807, 2.05) is 38.1 Å². The molecule has 19 heavy (non-hydrogen) atoms. The topological polar surface area (TPSA) is 55.5 Å². The van der Waals surface area contributed by atoms with Crippen LogP contribution in [0.25, 0.3) is 0 Å². The van der Waals surface area contributed by atoms with Gasteiger partial charge in [-0.05, 0) is 44.2 Å². The molecular weight excluding hydrogens is 238 g/mol. The van der Waals surface area contributed by atoms with E-state index < -0.39 is 5.60 Å². The average Bonchev–Trinajstić information content (AvgIpc) is 2.99. The molecule has 3 nitrogen and oxygen atoms in total. The molecule has 4 atom stereocenters. The molecule has 2 saturated heterocycles. The van der Waals surface area contributed by atoms with Gasteiger partial charge >= 0.3 is 0 Å². The molecule has 1 aromatic rings. The second kappa shape index (κ2) is 4.30. The van der Waals surface area contributed by atoms with Crippen LogP contribution in [0.1, 0.15) is 37.3 Å². The summed E-state index contributed by atoms with van der Waals surface area (Å²) in [5.41, 5.74) is 6.90. The zero-order valence-electron chi connectivity index (χ0n) is 11.7. The molecule has 0 aliphatic carbocycles. The fourth-order valence-electron chi connectivity index (χ4n) is 4.11. The van der Waals surface area contributed by atoms with Crippen molar-refractivity contribution in [2.45, 2.75) is 50.9 Å². The van der Waals surface area contributed by atoms with Gasteiger partial charge < -0.3 is 15.6 Å². The van der Waals surface area contributed by atoms with Gasteiger partial charge in [0.15, 0.2) is 0 Å². The zero-order chi connectivity index (χ0) is 13.7. The summed E-state index contributed by atoms with van der Waals surface area (Å²) in [5, 5.41) is 11.3. The van der Waals surface area contributed by atoms with Crippen molar-refractivity contribution in [3.63, 3.8) is 0 Å². The predicted molar refractivity (Wildman–Crippen MR) is 74.7 cm³/mol. The minimum Gasteiger partial charge on any atom is -0.385 e. The highest BCUT2D eigenvalue weighted by Crippen LogP contribution is 2.56. The van der Waals surface area contributed by atoms with Crippen LogP contribution in [-0.2, 0) is 10.3 Å². The number of fused-ring (bicyclic) bond motifs is 2. The van der Waals surface area contributed by atoms with Crippen LogP contribution in [0.4, 0.5) is 0 Å². The summed E-state index contributed by atoms with van der Waals surface area (Å²) in [5.74, 6) is 0. The first-order valence-electron chi connectivity index (χ1n) is 7.15. The summed E-state index contributed by atoms with van der Waals surface area (Å²) in [6.07, 6.45) is 3.37. The van der Waals surface area contributed by atoms with Crippen molar-refractivity contribution < 1.29 is 9.84 Å². The van der Waals surface area contributed by atoms with E-state index in [9.17, 15) is 5.11 Å². The molecule has 1 aromatic carbocycles. The largest absolute Gasteiger partial charge is 0.385 e. The molecule has 4 unspecified atom stereocenters. The monoisotopic (exact) mass is 261 g/mol. The molecule has 0 spiro atoms. The summed E-state index contributed by atoms with van der Waals surface area (Å²) >= 11 is 0. The highest BCUT2D eigenvalue weighted by Gasteiger charge is 2.61. The van der Waals surface area contributed by atoms with Crippen LogP contribution in [0.3, 0.4) is 0 Å². The van der Waals surface area contributed by atoms with Crippen LogP contribution in [0, 0.1) is 12.3 Å². The first-order chi connectivity index (χ1) is 9.01. The molecule has 3 N–H and O–H groups in total. The number of aliphatic hydroxyl groups is 1. The lowest BCUT2D eigenvalue weighted by atomic mass is 9.61. The number of nitrogens with two attached hydrogens (primary N) is 1. The van der Waals surface area contributed by atoms with Crippen molar-refractivity contribution in [3.05, 3.63) is 35.4 Å². The Bertz CT molecular complexity index is 485. The quantitative estimate of drug-likeness (QED) is 0.876. The van der Waals surface area contributed by atoms with E-state index in [-0.39, 0.29) is 17.6 Å². The summed E-state index contributed by atoms with van der Waals surface area (Å²) in [6, 6.07) is 8.04. The van der Waals surface area contributed by atoms with Crippen molar-refractivity contribution in [2.75, 3.05) is 6.54 Å². The van der Waals surface area contributed by atoms with E-state index in [4.69, 9.17) is 10.5 Å². The van der Waals surface area contributed by atoms with Gasteiger partial charge in [-0.2, -0.15) is 0 Å². The molecular formula is C16H23NO2. The Kier molecular flexibility index (Phi) is 2.97. The number of hydrogen-bond acceptors (Lipinski definition) is 3. The molecule has 2 aliphatic rings. The second-order valence-electron chi connectivity index (χ2n) is 6.28. The second-order valence-corrected chi connectivity index (χ2v) is 6.28. The van der Waals surface area contributed by atoms with Crippen LogP contribution in [0.2, 0.25) is 0 Å². The maximum absolute atomic E-state index is 11.3. The highest BCUT2D eigenvalue weighted by atomic mass is 16.5.